The van der Waals surface area contributed by atoms with Gasteiger partial charge in [0, 0.05) is 5.69 Å². The molecule has 3 nitrogen and oxygen atoms in total. The third-order valence-corrected chi connectivity index (χ3v) is 2.17. The predicted octanol–water partition coefficient (Wildman–Crippen LogP) is 3.19. The number of ether oxygens (including phenoxy) is 1. The maximum Gasteiger partial charge on any atom is 0.261 e. The van der Waals surface area contributed by atoms with Crippen LogP contribution in [-0.4, -0.2) is 5.17 Å². The molecule has 0 radical (unpaired) electrons. The summed E-state index contributed by atoms with van der Waals surface area (Å²) in [6.45, 7) is 0.339. The van der Waals surface area contributed by atoms with E-state index in [0.29, 0.717) is 11.8 Å². The Labute approximate surface area is 99.0 Å². The molecule has 0 aliphatic rings. The number of para-hydroxylation sites is 1. The Balaban J connectivity index is 1.81. The second-order valence-electron chi connectivity index (χ2n) is 3.15. The van der Waals surface area contributed by atoms with Gasteiger partial charge in [-0.25, -0.2) is 0 Å². The van der Waals surface area contributed by atoms with Crippen LogP contribution < -0.4 is 5.32 Å². The second kappa shape index (κ2) is 5.32. The normalized spacial score (nSPS) is 9.75. The molecule has 0 unspecified atom stereocenters. The van der Waals surface area contributed by atoms with Crippen molar-refractivity contribution in [3.8, 4) is 0 Å². The van der Waals surface area contributed by atoms with Gasteiger partial charge in [-0.15, -0.1) is 0 Å². The number of nitrogens with one attached hydrogen (secondary N) is 1. The minimum atomic E-state index is 0.336. The highest BCUT2D eigenvalue weighted by molar-refractivity contribution is 7.80. The smallest absolute Gasteiger partial charge is 0.261 e. The van der Waals surface area contributed by atoms with Crippen LogP contribution >= 0.6 is 12.2 Å². The minimum Gasteiger partial charge on any atom is -0.466 e. The average molecular weight is 233 g/mol. The maximum absolute atomic E-state index is 5.32. The van der Waals surface area contributed by atoms with Crippen molar-refractivity contribution in [2.24, 2.45) is 0 Å². The van der Waals surface area contributed by atoms with Gasteiger partial charge in [0.05, 0.1) is 6.26 Å². The zero-order valence-electron chi connectivity index (χ0n) is 8.55. The summed E-state index contributed by atoms with van der Waals surface area (Å²) >= 11 is 5.03. The Hall–Kier alpha value is -1.81. The summed E-state index contributed by atoms with van der Waals surface area (Å²) in [5.41, 5.74) is 0.909. The average Bonchev–Trinajstić information content (AvgIpc) is 2.81. The van der Waals surface area contributed by atoms with Crippen LogP contribution in [0.1, 0.15) is 5.76 Å². The largest absolute Gasteiger partial charge is 0.466 e. The molecule has 1 N–H and O–H groups in total. The number of furan rings is 1. The molecule has 0 aliphatic heterocycles. The third kappa shape index (κ3) is 3.10. The summed E-state index contributed by atoms with van der Waals surface area (Å²) in [4.78, 5) is 0. The van der Waals surface area contributed by atoms with Crippen molar-refractivity contribution in [1.29, 1.82) is 0 Å². The van der Waals surface area contributed by atoms with E-state index in [1.54, 1.807) is 6.26 Å². The lowest BCUT2D eigenvalue weighted by Gasteiger charge is -2.08. The first-order valence-corrected chi connectivity index (χ1v) is 5.26. The summed E-state index contributed by atoms with van der Waals surface area (Å²) in [5, 5.41) is 3.31. The van der Waals surface area contributed by atoms with Crippen molar-refractivity contribution in [2.45, 2.75) is 6.61 Å². The molecule has 0 saturated heterocycles. The molecule has 0 atom stereocenters. The van der Waals surface area contributed by atoms with E-state index in [2.05, 4.69) is 5.32 Å². The topological polar surface area (TPSA) is 34.4 Å². The molecule has 0 spiro atoms. The number of anilines is 1. The van der Waals surface area contributed by atoms with Gasteiger partial charge in [0.2, 0.25) is 0 Å². The molecule has 0 amide bonds. The number of hydrogen-bond donors (Lipinski definition) is 1. The van der Waals surface area contributed by atoms with E-state index in [1.165, 1.54) is 0 Å². The first-order valence-electron chi connectivity index (χ1n) is 4.86. The van der Waals surface area contributed by atoms with Crippen LogP contribution in [0.2, 0.25) is 0 Å². The summed E-state index contributed by atoms with van der Waals surface area (Å²) in [7, 11) is 0. The second-order valence-corrected chi connectivity index (χ2v) is 3.52. The van der Waals surface area contributed by atoms with Crippen LogP contribution in [0.5, 0.6) is 0 Å². The van der Waals surface area contributed by atoms with Crippen LogP contribution in [0.15, 0.2) is 53.1 Å². The van der Waals surface area contributed by atoms with Crippen molar-refractivity contribution < 1.29 is 9.15 Å². The van der Waals surface area contributed by atoms with E-state index in [1.807, 2.05) is 42.5 Å². The van der Waals surface area contributed by atoms with Gasteiger partial charge in [0.1, 0.15) is 12.4 Å². The Morgan fingerprint density at radius 2 is 2.00 bits per heavy atom. The monoisotopic (exact) mass is 233 g/mol. The summed E-state index contributed by atoms with van der Waals surface area (Å²) in [5.74, 6) is 0.747. The fraction of sp³-hybridized carbons (Fsp3) is 0.0833. The Morgan fingerprint density at radius 1 is 1.19 bits per heavy atom. The molecule has 16 heavy (non-hydrogen) atoms. The van der Waals surface area contributed by atoms with Crippen LogP contribution in [-0.2, 0) is 11.3 Å². The summed E-state index contributed by atoms with van der Waals surface area (Å²) in [6.07, 6.45) is 1.60. The third-order valence-electron chi connectivity index (χ3n) is 1.95. The first-order chi connectivity index (χ1) is 7.84. The van der Waals surface area contributed by atoms with E-state index in [0.717, 1.165) is 11.4 Å². The quantitative estimate of drug-likeness (QED) is 0.826. The lowest BCUT2D eigenvalue weighted by atomic mass is 10.3. The highest BCUT2D eigenvalue weighted by atomic mass is 32.1. The van der Waals surface area contributed by atoms with Crippen LogP contribution in [0, 0.1) is 0 Å². The number of hydrogen-bond acceptors (Lipinski definition) is 3. The molecule has 0 fully saturated rings. The lowest BCUT2D eigenvalue weighted by Crippen LogP contribution is -2.12. The molecular weight excluding hydrogens is 222 g/mol. The zero-order chi connectivity index (χ0) is 11.2. The van der Waals surface area contributed by atoms with Gasteiger partial charge in [0.15, 0.2) is 0 Å². The van der Waals surface area contributed by atoms with Crippen molar-refractivity contribution in [2.75, 3.05) is 5.32 Å². The molecule has 0 saturated carbocycles. The highest BCUT2D eigenvalue weighted by Gasteiger charge is 2.00. The molecule has 0 aliphatic carbocycles. The first kappa shape index (κ1) is 10.7. The Morgan fingerprint density at radius 3 is 2.69 bits per heavy atom. The molecule has 82 valence electrons. The molecule has 1 aromatic carbocycles. The van der Waals surface area contributed by atoms with Gasteiger partial charge < -0.3 is 14.5 Å². The number of rotatable bonds is 3. The van der Waals surface area contributed by atoms with Gasteiger partial charge in [-0.2, -0.15) is 0 Å². The predicted molar refractivity (Wildman–Crippen MR) is 66.2 cm³/mol. The van der Waals surface area contributed by atoms with Gasteiger partial charge in [-0.3, -0.25) is 0 Å². The number of benzene rings is 1. The van der Waals surface area contributed by atoms with E-state index >= 15 is 0 Å². The fourth-order valence-corrected chi connectivity index (χ4v) is 1.38. The van der Waals surface area contributed by atoms with Crippen molar-refractivity contribution in [1.82, 2.24) is 0 Å². The Kier molecular flexibility index (Phi) is 3.56. The van der Waals surface area contributed by atoms with E-state index in [4.69, 9.17) is 21.4 Å². The fourth-order valence-electron chi connectivity index (χ4n) is 1.21. The molecular formula is C12H11NO2S. The molecule has 1 aromatic heterocycles. The summed E-state index contributed by atoms with van der Waals surface area (Å²) < 4.78 is 10.4. The van der Waals surface area contributed by atoms with Gasteiger partial charge in [-0.05, 0) is 36.5 Å². The maximum atomic E-state index is 5.32. The number of thiocarbonyl (C=S) groups is 1. The molecule has 0 bridgehead atoms. The van der Waals surface area contributed by atoms with E-state index in [-0.39, 0.29) is 0 Å². The van der Waals surface area contributed by atoms with E-state index in [9.17, 15) is 0 Å². The molecule has 2 aromatic rings. The van der Waals surface area contributed by atoms with Gasteiger partial charge in [-0.1, -0.05) is 18.2 Å². The van der Waals surface area contributed by atoms with Gasteiger partial charge >= 0.3 is 0 Å². The van der Waals surface area contributed by atoms with Crippen LogP contribution in [0.3, 0.4) is 0 Å². The highest BCUT2D eigenvalue weighted by Crippen LogP contribution is 2.07. The van der Waals surface area contributed by atoms with E-state index < -0.39 is 0 Å². The standard InChI is InChI=1S/C12H11NO2S/c16-12(13-10-5-2-1-3-6-10)15-9-11-7-4-8-14-11/h1-8H,9H2,(H,13,16). The van der Waals surface area contributed by atoms with Crippen LogP contribution in [0.25, 0.3) is 0 Å². The molecule has 1 heterocycles. The van der Waals surface area contributed by atoms with Crippen molar-refractivity contribution in [3.63, 3.8) is 0 Å². The zero-order valence-corrected chi connectivity index (χ0v) is 9.37. The van der Waals surface area contributed by atoms with Crippen LogP contribution in [0.4, 0.5) is 5.69 Å². The molecule has 2 rings (SSSR count). The van der Waals surface area contributed by atoms with Crippen molar-refractivity contribution >= 4 is 23.1 Å². The summed E-state index contributed by atoms with van der Waals surface area (Å²) in [6, 6.07) is 13.3. The lowest BCUT2D eigenvalue weighted by molar-refractivity contribution is 0.264. The molecule has 4 heteroatoms. The van der Waals surface area contributed by atoms with Crippen molar-refractivity contribution in [3.05, 3.63) is 54.5 Å². The SMILES string of the molecule is S=C(Nc1ccccc1)OCc1ccco1. The van der Waals surface area contributed by atoms with Gasteiger partial charge in [0.25, 0.3) is 5.17 Å². The Bertz CT molecular complexity index is 439. The minimum absolute atomic E-state index is 0.336.